The number of aryl methyl sites for hydroxylation is 1. The van der Waals surface area contributed by atoms with Crippen molar-refractivity contribution in [3.05, 3.63) is 35.8 Å². The van der Waals surface area contributed by atoms with Crippen molar-refractivity contribution in [2.24, 2.45) is 4.99 Å². The van der Waals surface area contributed by atoms with Crippen LogP contribution in [0.2, 0.25) is 0 Å². The fourth-order valence-corrected chi connectivity index (χ4v) is 2.06. The molecular formula is C15H23N5O. The molecule has 2 rings (SSSR count). The summed E-state index contributed by atoms with van der Waals surface area (Å²) in [6.07, 6.45) is 2.05. The van der Waals surface area contributed by atoms with E-state index in [-0.39, 0.29) is 0 Å². The Morgan fingerprint density at radius 3 is 2.95 bits per heavy atom. The van der Waals surface area contributed by atoms with E-state index in [4.69, 9.17) is 4.74 Å². The SMILES string of the molecule is CCOCCNC(=NC)NCc1cn2c(C)cccc2n1. The lowest BCUT2D eigenvalue weighted by Gasteiger charge is -2.10. The topological polar surface area (TPSA) is 63.0 Å². The number of nitrogens with one attached hydrogen (secondary N) is 2. The summed E-state index contributed by atoms with van der Waals surface area (Å²) in [6, 6.07) is 6.09. The third kappa shape index (κ3) is 4.19. The molecule has 2 heterocycles. The first-order chi connectivity index (χ1) is 10.2. The van der Waals surface area contributed by atoms with E-state index in [1.807, 2.05) is 25.3 Å². The molecule has 6 nitrogen and oxygen atoms in total. The highest BCUT2D eigenvalue weighted by Gasteiger charge is 2.04. The molecule has 0 aliphatic carbocycles. The van der Waals surface area contributed by atoms with Gasteiger partial charge in [0.25, 0.3) is 0 Å². The van der Waals surface area contributed by atoms with Crippen LogP contribution in [0.1, 0.15) is 18.3 Å². The summed E-state index contributed by atoms with van der Waals surface area (Å²) in [4.78, 5) is 8.76. The fraction of sp³-hybridized carbons (Fsp3) is 0.467. The second-order valence-corrected chi connectivity index (χ2v) is 4.68. The van der Waals surface area contributed by atoms with Crippen molar-refractivity contribution in [3.63, 3.8) is 0 Å². The van der Waals surface area contributed by atoms with Crippen LogP contribution in [-0.4, -0.2) is 42.2 Å². The van der Waals surface area contributed by atoms with Crippen LogP contribution in [0.5, 0.6) is 0 Å². The normalized spacial score (nSPS) is 11.9. The molecule has 0 unspecified atom stereocenters. The average Bonchev–Trinajstić information content (AvgIpc) is 2.91. The number of rotatable bonds is 6. The minimum atomic E-state index is 0.634. The van der Waals surface area contributed by atoms with Gasteiger partial charge in [-0.3, -0.25) is 4.99 Å². The third-order valence-corrected chi connectivity index (χ3v) is 3.15. The summed E-state index contributed by atoms with van der Waals surface area (Å²) < 4.78 is 7.37. The lowest BCUT2D eigenvalue weighted by molar-refractivity contribution is 0.152. The Kier molecular flexibility index (Phi) is 5.57. The van der Waals surface area contributed by atoms with Crippen molar-refractivity contribution in [1.29, 1.82) is 0 Å². The first-order valence-electron chi connectivity index (χ1n) is 7.20. The molecule has 0 spiro atoms. The van der Waals surface area contributed by atoms with Crippen molar-refractivity contribution >= 4 is 11.6 Å². The van der Waals surface area contributed by atoms with Crippen molar-refractivity contribution in [2.75, 3.05) is 26.8 Å². The summed E-state index contributed by atoms with van der Waals surface area (Å²) in [6.45, 7) is 6.82. The maximum atomic E-state index is 5.28. The molecule has 0 aliphatic heterocycles. The van der Waals surface area contributed by atoms with Gasteiger partial charge in [0, 0.05) is 32.1 Å². The van der Waals surface area contributed by atoms with Gasteiger partial charge in [-0.05, 0) is 26.0 Å². The lowest BCUT2D eigenvalue weighted by Crippen LogP contribution is -2.38. The number of hydrogen-bond acceptors (Lipinski definition) is 3. The Hall–Kier alpha value is -2.08. The maximum Gasteiger partial charge on any atom is 0.191 e. The molecule has 0 bridgehead atoms. The van der Waals surface area contributed by atoms with E-state index in [0.29, 0.717) is 13.2 Å². The zero-order valence-corrected chi connectivity index (χ0v) is 12.9. The van der Waals surface area contributed by atoms with Crippen molar-refractivity contribution in [3.8, 4) is 0 Å². The molecule has 0 aliphatic rings. The van der Waals surface area contributed by atoms with Gasteiger partial charge in [-0.15, -0.1) is 0 Å². The number of aliphatic imine (C=N–C) groups is 1. The van der Waals surface area contributed by atoms with Crippen LogP contribution >= 0.6 is 0 Å². The van der Waals surface area contributed by atoms with Gasteiger partial charge in [-0.1, -0.05) is 6.07 Å². The minimum Gasteiger partial charge on any atom is -0.380 e. The van der Waals surface area contributed by atoms with Gasteiger partial charge in [-0.2, -0.15) is 0 Å². The molecule has 114 valence electrons. The van der Waals surface area contributed by atoms with E-state index < -0.39 is 0 Å². The van der Waals surface area contributed by atoms with Gasteiger partial charge in [-0.25, -0.2) is 4.98 Å². The predicted octanol–water partition coefficient (Wildman–Crippen LogP) is 1.34. The van der Waals surface area contributed by atoms with E-state index in [0.717, 1.165) is 30.5 Å². The van der Waals surface area contributed by atoms with Gasteiger partial charge in [0.1, 0.15) is 5.65 Å². The van der Waals surface area contributed by atoms with Gasteiger partial charge >= 0.3 is 0 Å². The molecule has 0 fully saturated rings. The van der Waals surface area contributed by atoms with E-state index >= 15 is 0 Å². The highest BCUT2D eigenvalue weighted by Crippen LogP contribution is 2.07. The van der Waals surface area contributed by atoms with Gasteiger partial charge < -0.3 is 19.8 Å². The molecule has 0 aromatic carbocycles. The second-order valence-electron chi connectivity index (χ2n) is 4.68. The van der Waals surface area contributed by atoms with Gasteiger partial charge in [0.2, 0.25) is 0 Å². The van der Waals surface area contributed by atoms with Crippen LogP contribution in [0.4, 0.5) is 0 Å². The molecular weight excluding hydrogens is 266 g/mol. The largest absolute Gasteiger partial charge is 0.380 e. The molecule has 0 radical (unpaired) electrons. The monoisotopic (exact) mass is 289 g/mol. The number of pyridine rings is 1. The van der Waals surface area contributed by atoms with E-state index in [9.17, 15) is 0 Å². The number of guanidine groups is 1. The van der Waals surface area contributed by atoms with Crippen molar-refractivity contribution in [1.82, 2.24) is 20.0 Å². The summed E-state index contributed by atoms with van der Waals surface area (Å²) in [5.41, 5.74) is 3.12. The van der Waals surface area contributed by atoms with Gasteiger partial charge in [0.15, 0.2) is 5.96 Å². The Labute approximate surface area is 125 Å². The number of aromatic nitrogens is 2. The van der Waals surface area contributed by atoms with Crippen LogP contribution in [-0.2, 0) is 11.3 Å². The van der Waals surface area contributed by atoms with Crippen LogP contribution < -0.4 is 10.6 Å². The molecule has 2 aromatic rings. The summed E-state index contributed by atoms with van der Waals surface area (Å²) in [5.74, 6) is 0.753. The van der Waals surface area contributed by atoms with Crippen molar-refractivity contribution < 1.29 is 4.74 Å². The summed E-state index contributed by atoms with van der Waals surface area (Å²) >= 11 is 0. The first-order valence-corrected chi connectivity index (χ1v) is 7.20. The van der Waals surface area contributed by atoms with E-state index in [1.165, 1.54) is 5.69 Å². The Balaban J connectivity index is 1.89. The molecule has 0 amide bonds. The number of imidazole rings is 1. The van der Waals surface area contributed by atoms with Crippen LogP contribution in [0.25, 0.3) is 5.65 Å². The Morgan fingerprint density at radius 2 is 2.24 bits per heavy atom. The minimum absolute atomic E-state index is 0.634. The summed E-state index contributed by atoms with van der Waals surface area (Å²) in [5, 5.41) is 6.45. The maximum absolute atomic E-state index is 5.28. The zero-order chi connectivity index (χ0) is 15.1. The Morgan fingerprint density at radius 1 is 1.38 bits per heavy atom. The highest BCUT2D eigenvalue weighted by molar-refractivity contribution is 5.79. The van der Waals surface area contributed by atoms with Crippen LogP contribution in [0.3, 0.4) is 0 Å². The summed E-state index contributed by atoms with van der Waals surface area (Å²) in [7, 11) is 1.75. The number of hydrogen-bond donors (Lipinski definition) is 2. The fourth-order valence-electron chi connectivity index (χ4n) is 2.06. The smallest absolute Gasteiger partial charge is 0.191 e. The average molecular weight is 289 g/mol. The predicted molar refractivity (Wildman–Crippen MR) is 84.6 cm³/mol. The number of nitrogens with zero attached hydrogens (tertiary/aromatic N) is 3. The number of ether oxygens (including phenoxy) is 1. The second kappa shape index (κ2) is 7.64. The van der Waals surface area contributed by atoms with E-state index in [1.54, 1.807) is 7.05 Å². The molecule has 0 saturated carbocycles. The van der Waals surface area contributed by atoms with Crippen LogP contribution in [0, 0.1) is 6.92 Å². The standard InChI is InChI=1S/C15H23N5O/c1-4-21-9-8-17-15(16-3)18-10-13-11-20-12(2)6-5-7-14(20)19-13/h5-7,11H,4,8-10H2,1-3H3,(H2,16,17,18). The third-order valence-electron chi connectivity index (χ3n) is 3.15. The number of fused-ring (bicyclic) bond motifs is 1. The lowest BCUT2D eigenvalue weighted by atomic mass is 10.4. The molecule has 0 atom stereocenters. The molecule has 2 N–H and O–H groups in total. The molecule has 0 saturated heterocycles. The molecule has 6 heteroatoms. The highest BCUT2D eigenvalue weighted by atomic mass is 16.5. The first kappa shape index (κ1) is 15.3. The van der Waals surface area contributed by atoms with E-state index in [2.05, 4.69) is 38.0 Å². The zero-order valence-electron chi connectivity index (χ0n) is 12.9. The molecule has 2 aromatic heterocycles. The van der Waals surface area contributed by atoms with Crippen molar-refractivity contribution in [2.45, 2.75) is 20.4 Å². The molecule has 21 heavy (non-hydrogen) atoms. The quantitative estimate of drug-likeness (QED) is 0.479. The van der Waals surface area contributed by atoms with Gasteiger partial charge in [0.05, 0.1) is 18.8 Å². The van der Waals surface area contributed by atoms with Crippen LogP contribution in [0.15, 0.2) is 29.4 Å². The Bertz CT molecular complexity index is 605.